The minimum Gasteiger partial charge on any atom is -0.466 e. The molecule has 0 fully saturated rings. The smallest absolute Gasteiger partial charge is 0.257 e. The number of pyridine rings is 2. The summed E-state index contributed by atoms with van der Waals surface area (Å²) in [6, 6.07) is 7.81. The van der Waals surface area contributed by atoms with Crippen LogP contribution in [0.5, 0.6) is 0 Å². The fourth-order valence-electron chi connectivity index (χ4n) is 3.15. The van der Waals surface area contributed by atoms with Gasteiger partial charge in [0, 0.05) is 36.8 Å². The second-order valence-electron chi connectivity index (χ2n) is 5.95. The molecule has 0 unspecified atom stereocenters. The van der Waals surface area contributed by atoms with E-state index in [4.69, 9.17) is 4.42 Å². The van der Waals surface area contributed by atoms with Gasteiger partial charge in [-0.05, 0) is 43.7 Å². The fraction of sp³-hybridized carbons (Fsp3) is 0.278. The molecule has 0 aliphatic carbocycles. The summed E-state index contributed by atoms with van der Waals surface area (Å²) < 4.78 is 5.49. The van der Waals surface area contributed by atoms with Gasteiger partial charge in [0.05, 0.1) is 5.56 Å². The maximum atomic E-state index is 12.7. The standard InChI is InChI=1S/C18H17N3O2/c1-11-8-15(12(2)23-11)18(22)21-7-5-16-14(10-21)9-13-4-3-6-19-17(13)20-16/h3-4,6,8-9H,5,7,10H2,1-2H3. The number of hydrogen-bond acceptors (Lipinski definition) is 4. The number of hydrogen-bond donors (Lipinski definition) is 0. The van der Waals surface area contributed by atoms with Crippen LogP contribution in [0.3, 0.4) is 0 Å². The maximum Gasteiger partial charge on any atom is 0.257 e. The molecular weight excluding hydrogens is 290 g/mol. The molecule has 23 heavy (non-hydrogen) atoms. The molecule has 5 nitrogen and oxygen atoms in total. The van der Waals surface area contributed by atoms with E-state index in [1.54, 1.807) is 6.20 Å². The van der Waals surface area contributed by atoms with E-state index >= 15 is 0 Å². The van der Waals surface area contributed by atoms with Gasteiger partial charge in [-0.3, -0.25) is 4.79 Å². The van der Waals surface area contributed by atoms with Crippen molar-refractivity contribution in [3.63, 3.8) is 0 Å². The molecule has 0 N–H and O–H groups in total. The minimum absolute atomic E-state index is 0.0243. The topological polar surface area (TPSA) is 59.2 Å². The predicted octanol–water partition coefficient (Wildman–Crippen LogP) is 3.04. The summed E-state index contributed by atoms with van der Waals surface area (Å²) in [5, 5.41) is 1.01. The summed E-state index contributed by atoms with van der Waals surface area (Å²) in [7, 11) is 0. The number of carbonyl (C=O) groups is 1. The third-order valence-electron chi connectivity index (χ3n) is 4.30. The van der Waals surface area contributed by atoms with Crippen molar-refractivity contribution < 1.29 is 9.21 Å². The molecule has 3 aromatic heterocycles. The summed E-state index contributed by atoms with van der Waals surface area (Å²) in [6.45, 7) is 4.94. The molecule has 0 radical (unpaired) electrons. The van der Waals surface area contributed by atoms with Gasteiger partial charge >= 0.3 is 0 Å². The number of aryl methyl sites for hydroxylation is 2. The van der Waals surface area contributed by atoms with E-state index in [2.05, 4.69) is 16.0 Å². The maximum absolute atomic E-state index is 12.7. The van der Waals surface area contributed by atoms with Crippen LogP contribution in [0.4, 0.5) is 0 Å². The molecule has 0 bridgehead atoms. The number of aromatic nitrogens is 2. The second-order valence-corrected chi connectivity index (χ2v) is 5.95. The molecule has 4 rings (SSSR count). The molecule has 1 aliphatic rings. The van der Waals surface area contributed by atoms with Gasteiger partial charge in [-0.2, -0.15) is 0 Å². The molecule has 0 spiro atoms. The van der Waals surface area contributed by atoms with E-state index in [9.17, 15) is 4.79 Å². The molecule has 0 saturated carbocycles. The number of amides is 1. The van der Waals surface area contributed by atoms with Gasteiger partial charge in [0.2, 0.25) is 0 Å². The highest BCUT2D eigenvalue weighted by Crippen LogP contribution is 2.24. The Bertz CT molecular complexity index is 914. The zero-order valence-corrected chi connectivity index (χ0v) is 13.2. The van der Waals surface area contributed by atoms with Crippen LogP contribution in [0.25, 0.3) is 11.0 Å². The average molecular weight is 307 g/mol. The lowest BCUT2D eigenvalue weighted by molar-refractivity contribution is 0.0732. The van der Waals surface area contributed by atoms with Crippen molar-refractivity contribution >= 4 is 16.9 Å². The molecule has 5 heteroatoms. The third kappa shape index (κ3) is 2.38. The van der Waals surface area contributed by atoms with Gasteiger partial charge in [0.1, 0.15) is 11.5 Å². The van der Waals surface area contributed by atoms with Crippen molar-refractivity contribution in [2.24, 2.45) is 0 Å². The summed E-state index contributed by atoms with van der Waals surface area (Å²) >= 11 is 0. The van der Waals surface area contributed by atoms with Crippen molar-refractivity contribution in [1.29, 1.82) is 0 Å². The first-order valence-electron chi connectivity index (χ1n) is 7.71. The first kappa shape index (κ1) is 13.9. The van der Waals surface area contributed by atoms with Crippen molar-refractivity contribution in [2.45, 2.75) is 26.8 Å². The van der Waals surface area contributed by atoms with Crippen molar-refractivity contribution in [3.8, 4) is 0 Å². The van der Waals surface area contributed by atoms with Gasteiger partial charge < -0.3 is 9.32 Å². The lowest BCUT2D eigenvalue weighted by Crippen LogP contribution is -2.36. The Morgan fingerprint density at radius 2 is 2.17 bits per heavy atom. The molecule has 116 valence electrons. The first-order chi connectivity index (χ1) is 11.1. The second kappa shape index (κ2) is 5.19. The van der Waals surface area contributed by atoms with Gasteiger partial charge in [-0.15, -0.1) is 0 Å². The largest absolute Gasteiger partial charge is 0.466 e. The highest BCUT2D eigenvalue weighted by atomic mass is 16.3. The zero-order chi connectivity index (χ0) is 16.0. The molecule has 1 amide bonds. The molecule has 0 saturated heterocycles. The highest BCUT2D eigenvalue weighted by molar-refractivity contribution is 5.95. The highest BCUT2D eigenvalue weighted by Gasteiger charge is 2.25. The quantitative estimate of drug-likeness (QED) is 0.693. The Kier molecular flexibility index (Phi) is 3.15. The van der Waals surface area contributed by atoms with Gasteiger partial charge in [-0.1, -0.05) is 0 Å². The number of fused-ring (bicyclic) bond motifs is 2. The van der Waals surface area contributed by atoms with Crippen LogP contribution in [0.15, 0.2) is 34.9 Å². The van der Waals surface area contributed by atoms with Gasteiger partial charge in [0.15, 0.2) is 5.65 Å². The molecule has 0 aromatic carbocycles. The Balaban J connectivity index is 1.67. The molecule has 1 aliphatic heterocycles. The van der Waals surface area contributed by atoms with E-state index in [0.29, 0.717) is 24.4 Å². The van der Waals surface area contributed by atoms with Crippen LogP contribution >= 0.6 is 0 Å². The Morgan fingerprint density at radius 1 is 1.30 bits per heavy atom. The van der Waals surface area contributed by atoms with E-state index in [0.717, 1.165) is 34.5 Å². The van der Waals surface area contributed by atoms with Gasteiger partial charge in [0.25, 0.3) is 5.91 Å². The SMILES string of the molecule is Cc1cc(C(=O)N2CCc3nc4ncccc4cc3C2)c(C)o1. The fourth-order valence-corrected chi connectivity index (χ4v) is 3.15. The van der Waals surface area contributed by atoms with Crippen LogP contribution in [-0.4, -0.2) is 27.3 Å². The third-order valence-corrected chi connectivity index (χ3v) is 4.30. The lowest BCUT2D eigenvalue weighted by Gasteiger charge is -2.28. The lowest BCUT2D eigenvalue weighted by atomic mass is 10.0. The minimum atomic E-state index is 0.0243. The van der Waals surface area contributed by atoms with Crippen molar-refractivity contribution in [3.05, 3.63) is 58.8 Å². The van der Waals surface area contributed by atoms with Crippen LogP contribution < -0.4 is 0 Å². The van der Waals surface area contributed by atoms with E-state index in [1.165, 1.54) is 0 Å². The first-order valence-corrected chi connectivity index (χ1v) is 7.71. The summed E-state index contributed by atoms with van der Waals surface area (Å²) in [5.74, 6) is 1.47. The molecule has 4 heterocycles. The Hall–Kier alpha value is -2.69. The van der Waals surface area contributed by atoms with Crippen LogP contribution in [-0.2, 0) is 13.0 Å². The normalized spacial score (nSPS) is 14.1. The zero-order valence-electron chi connectivity index (χ0n) is 13.2. The van der Waals surface area contributed by atoms with Crippen LogP contribution in [0, 0.1) is 13.8 Å². The number of furan rings is 1. The van der Waals surface area contributed by atoms with E-state index < -0.39 is 0 Å². The summed E-state index contributed by atoms with van der Waals surface area (Å²) in [5.41, 5.74) is 3.57. The molecule has 3 aromatic rings. The number of carbonyl (C=O) groups excluding carboxylic acids is 1. The summed E-state index contributed by atoms with van der Waals surface area (Å²) in [4.78, 5) is 23.5. The van der Waals surface area contributed by atoms with Crippen molar-refractivity contribution in [2.75, 3.05) is 6.54 Å². The van der Waals surface area contributed by atoms with E-state index in [-0.39, 0.29) is 5.91 Å². The molecular formula is C18H17N3O2. The Morgan fingerprint density at radius 3 is 2.96 bits per heavy atom. The van der Waals surface area contributed by atoms with Crippen LogP contribution in [0.2, 0.25) is 0 Å². The summed E-state index contributed by atoms with van der Waals surface area (Å²) in [6.07, 6.45) is 2.51. The van der Waals surface area contributed by atoms with Gasteiger partial charge in [-0.25, -0.2) is 9.97 Å². The number of rotatable bonds is 1. The number of nitrogens with zero attached hydrogens (tertiary/aromatic N) is 3. The monoisotopic (exact) mass is 307 g/mol. The predicted molar refractivity (Wildman–Crippen MR) is 86.2 cm³/mol. The van der Waals surface area contributed by atoms with Crippen molar-refractivity contribution in [1.82, 2.24) is 14.9 Å². The molecule has 0 atom stereocenters. The van der Waals surface area contributed by atoms with E-state index in [1.807, 2.05) is 36.9 Å². The Labute approximate surface area is 134 Å². The van der Waals surface area contributed by atoms with Crippen LogP contribution in [0.1, 0.15) is 33.1 Å². The average Bonchev–Trinajstić information content (AvgIpc) is 2.90.